The first kappa shape index (κ1) is 14.8. The Morgan fingerprint density at radius 3 is 2.78 bits per heavy atom. The van der Waals surface area contributed by atoms with Gasteiger partial charge in [-0.05, 0) is 30.6 Å². The van der Waals surface area contributed by atoms with Crippen LogP contribution >= 0.6 is 23.4 Å². The maximum Gasteiger partial charge on any atom is 0.326 e. The van der Waals surface area contributed by atoms with E-state index in [1.54, 1.807) is 0 Å². The molecule has 0 saturated heterocycles. The van der Waals surface area contributed by atoms with Crippen molar-refractivity contribution in [1.82, 2.24) is 10.3 Å². The second-order valence-electron chi connectivity index (χ2n) is 3.52. The average molecular weight is 289 g/mol. The molecule has 18 heavy (non-hydrogen) atoms. The van der Waals surface area contributed by atoms with E-state index >= 15 is 0 Å². The Bertz CT molecular complexity index is 425. The van der Waals surface area contributed by atoms with Crippen LogP contribution in [-0.2, 0) is 4.79 Å². The van der Waals surface area contributed by atoms with Crippen LogP contribution in [-0.4, -0.2) is 40.0 Å². The first-order chi connectivity index (χ1) is 8.54. The minimum atomic E-state index is -1.04. The van der Waals surface area contributed by atoms with Crippen molar-refractivity contribution in [2.24, 2.45) is 0 Å². The van der Waals surface area contributed by atoms with E-state index in [4.69, 9.17) is 16.7 Å². The second kappa shape index (κ2) is 7.23. The summed E-state index contributed by atoms with van der Waals surface area (Å²) < 4.78 is 0. The number of pyridine rings is 1. The van der Waals surface area contributed by atoms with E-state index in [1.807, 2.05) is 6.26 Å². The van der Waals surface area contributed by atoms with E-state index in [0.717, 1.165) is 0 Å². The van der Waals surface area contributed by atoms with Crippen molar-refractivity contribution in [1.29, 1.82) is 0 Å². The summed E-state index contributed by atoms with van der Waals surface area (Å²) in [4.78, 5) is 26.5. The fourth-order valence-electron chi connectivity index (χ4n) is 1.24. The van der Waals surface area contributed by atoms with Gasteiger partial charge in [0.2, 0.25) is 0 Å². The summed E-state index contributed by atoms with van der Waals surface area (Å²) in [5.74, 6) is -0.845. The van der Waals surface area contributed by atoms with E-state index < -0.39 is 17.9 Å². The number of carboxylic acids is 1. The number of halogens is 1. The molecule has 0 aliphatic heterocycles. The van der Waals surface area contributed by atoms with Gasteiger partial charge in [0.15, 0.2) is 0 Å². The number of nitrogens with zero attached hydrogens (tertiary/aromatic N) is 1. The van der Waals surface area contributed by atoms with Gasteiger partial charge in [0.1, 0.15) is 11.2 Å². The van der Waals surface area contributed by atoms with Crippen LogP contribution in [0, 0.1) is 0 Å². The van der Waals surface area contributed by atoms with Gasteiger partial charge in [0, 0.05) is 6.20 Å². The number of nitrogens with one attached hydrogen (secondary N) is 1. The summed E-state index contributed by atoms with van der Waals surface area (Å²) in [6.45, 7) is 0. The molecular weight excluding hydrogens is 276 g/mol. The molecule has 0 radical (unpaired) electrons. The van der Waals surface area contributed by atoms with Gasteiger partial charge in [0.05, 0.1) is 5.56 Å². The first-order valence-electron chi connectivity index (χ1n) is 5.18. The maximum absolute atomic E-state index is 11.8. The number of hydrogen-bond donors (Lipinski definition) is 2. The van der Waals surface area contributed by atoms with E-state index in [1.165, 1.54) is 30.1 Å². The first-order valence-corrected chi connectivity index (χ1v) is 6.96. The smallest absolute Gasteiger partial charge is 0.326 e. The minimum Gasteiger partial charge on any atom is -0.480 e. The van der Waals surface area contributed by atoms with Crippen LogP contribution in [0.2, 0.25) is 5.15 Å². The van der Waals surface area contributed by atoms with Crippen molar-refractivity contribution in [3.63, 3.8) is 0 Å². The fourth-order valence-corrected chi connectivity index (χ4v) is 1.83. The number of aromatic nitrogens is 1. The van der Waals surface area contributed by atoms with E-state index in [-0.39, 0.29) is 10.7 Å². The standard InChI is InChI=1S/C11H13ClN2O3S/c1-18-5-4-8(11(16)17)14-10(15)7-2-3-9(12)13-6-7/h2-3,6,8H,4-5H2,1H3,(H,14,15)(H,16,17)/t8-/m1/s1. The zero-order valence-electron chi connectivity index (χ0n) is 9.72. The molecule has 1 aromatic heterocycles. The Labute approximate surface area is 114 Å². The summed E-state index contributed by atoms with van der Waals surface area (Å²) in [6.07, 6.45) is 3.57. The number of aliphatic carboxylic acids is 1. The Hall–Kier alpha value is -1.27. The third kappa shape index (κ3) is 4.54. The van der Waals surface area contributed by atoms with Crippen LogP contribution in [0.3, 0.4) is 0 Å². The molecule has 0 bridgehead atoms. The molecule has 1 rings (SSSR count). The minimum absolute atomic E-state index is 0.281. The summed E-state index contributed by atoms with van der Waals surface area (Å²) in [7, 11) is 0. The molecule has 2 N–H and O–H groups in total. The van der Waals surface area contributed by atoms with Crippen molar-refractivity contribution >= 4 is 35.2 Å². The lowest BCUT2D eigenvalue weighted by molar-refractivity contribution is -0.139. The van der Waals surface area contributed by atoms with Gasteiger partial charge in [-0.15, -0.1) is 0 Å². The summed E-state index contributed by atoms with van der Waals surface area (Å²) in [6, 6.07) is 2.09. The normalized spacial score (nSPS) is 11.9. The predicted molar refractivity (Wildman–Crippen MR) is 71.1 cm³/mol. The van der Waals surface area contributed by atoms with Gasteiger partial charge in [0.25, 0.3) is 5.91 Å². The SMILES string of the molecule is CSCC[C@@H](NC(=O)c1ccc(Cl)nc1)C(=O)O. The van der Waals surface area contributed by atoms with E-state index in [2.05, 4.69) is 10.3 Å². The van der Waals surface area contributed by atoms with Crippen molar-refractivity contribution in [2.75, 3.05) is 12.0 Å². The highest BCUT2D eigenvalue weighted by Crippen LogP contribution is 2.07. The molecule has 7 heteroatoms. The monoisotopic (exact) mass is 288 g/mol. The molecule has 1 atom stereocenters. The molecule has 0 spiro atoms. The number of hydrogen-bond acceptors (Lipinski definition) is 4. The molecule has 1 heterocycles. The van der Waals surface area contributed by atoms with Gasteiger partial charge in [-0.25, -0.2) is 9.78 Å². The Kier molecular flexibility index (Phi) is 5.94. The third-order valence-electron chi connectivity index (χ3n) is 2.20. The lowest BCUT2D eigenvalue weighted by Gasteiger charge is -2.13. The zero-order valence-corrected chi connectivity index (χ0v) is 11.3. The fraction of sp³-hybridized carbons (Fsp3) is 0.364. The molecule has 0 unspecified atom stereocenters. The van der Waals surface area contributed by atoms with Crippen LogP contribution in [0.25, 0.3) is 0 Å². The molecular formula is C11H13ClN2O3S. The van der Waals surface area contributed by atoms with Gasteiger partial charge < -0.3 is 10.4 Å². The van der Waals surface area contributed by atoms with Crippen molar-refractivity contribution < 1.29 is 14.7 Å². The summed E-state index contributed by atoms with van der Waals surface area (Å²) in [5, 5.41) is 11.7. The number of carbonyl (C=O) groups excluding carboxylic acids is 1. The number of rotatable bonds is 6. The molecule has 0 aliphatic rings. The molecule has 5 nitrogen and oxygen atoms in total. The molecule has 1 aromatic rings. The number of carbonyl (C=O) groups is 2. The topological polar surface area (TPSA) is 79.3 Å². The van der Waals surface area contributed by atoms with Gasteiger partial charge in [-0.2, -0.15) is 11.8 Å². The lowest BCUT2D eigenvalue weighted by atomic mass is 10.2. The third-order valence-corrected chi connectivity index (χ3v) is 3.07. The van der Waals surface area contributed by atoms with Gasteiger partial charge >= 0.3 is 5.97 Å². The predicted octanol–water partition coefficient (Wildman–Crippen LogP) is 1.67. The quantitative estimate of drug-likeness (QED) is 0.779. The van der Waals surface area contributed by atoms with Gasteiger partial charge in [-0.3, -0.25) is 4.79 Å². The largest absolute Gasteiger partial charge is 0.480 e. The van der Waals surface area contributed by atoms with Crippen LogP contribution < -0.4 is 5.32 Å². The van der Waals surface area contributed by atoms with Crippen LogP contribution in [0.15, 0.2) is 18.3 Å². The van der Waals surface area contributed by atoms with Crippen molar-refractivity contribution in [2.45, 2.75) is 12.5 Å². The highest BCUT2D eigenvalue weighted by atomic mass is 35.5. The molecule has 98 valence electrons. The lowest BCUT2D eigenvalue weighted by Crippen LogP contribution is -2.41. The maximum atomic E-state index is 11.8. The molecule has 0 aromatic carbocycles. The molecule has 0 saturated carbocycles. The van der Waals surface area contributed by atoms with E-state index in [9.17, 15) is 9.59 Å². The molecule has 0 fully saturated rings. The number of amides is 1. The van der Waals surface area contributed by atoms with Crippen molar-refractivity contribution in [3.8, 4) is 0 Å². The highest BCUT2D eigenvalue weighted by Gasteiger charge is 2.20. The van der Waals surface area contributed by atoms with Crippen LogP contribution in [0.5, 0.6) is 0 Å². The summed E-state index contributed by atoms with van der Waals surface area (Å²) >= 11 is 7.13. The van der Waals surface area contributed by atoms with Crippen LogP contribution in [0.4, 0.5) is 0 Å². The Morgan fingerprint density at radius 1 is 1.56 bits per heavy atom. The second-order valence-corrected chi connectivity index (χ2v) is 4.89. The highest BCUT2D eigenvalue weighted by molar-refractivity contribution is 7.98. The Morgan fingerprint density at radius 2 is 2.28 bits per heavy atom. The molecule has 1 amide bonds. The summed E-state index contributed by atoms with van der Waals surface area (Å²) in [5.41, 5.74) is 0.287. The van der Waals surface area contributed by atoms with Gasteiger partial charge in [-0.1, -0.05) is 11.6 Å². The van der Waals surface area contributed by atoms with Crippen LogP contribution in [0.1, 0.15) is 16.8 Å². The number of thioether (sulfide) groups is 1. The van der Waals surface area contributed by atoms with Crippen molar-refractivity contribution in [3.05, 3.63) is 29.0 Å². The van der Waals surface area contributed by atoms with E-state index in [0.29, 0.717) is 12.2 Å². The zero-order chi connectivity index (χ0) is 13.5. The Balaban J connectivity index is 2.66. The number of carboxylic acid groups (broad SMARTS) is 1. The average Bonchev–Trinajstić information content (AvgIpc) is 2.34. The molecule has 0 aliphatic carbocycles.